The minimum atomic E-state index is -4.48. The Hall–Kier alpha value is -2.40. The van der Waals surface area contributed by atoms with Gasteiger partial charge in [0.25, 0.3) is 5.91 Å². The van der Waals surface area contributed by atoms with Crippen LogP contribution >= 0.6 is 22.9 Å². The summed E-state index contributed by atoms with van der Waals surface area (Å²) in [5.41, 5.74) is -0.196. The highest BCUT2D eigenvalue weighted by Crippen LogP contribution is 2.35. The topological polar surface area (TPSA) is 85.7 Å². The molecule has 1 amide bonds. The summed E-state index contributed by atoms with van der Waals surface area (Å²) < 4.78 is 38.9. The summed E-state index contributed by atoms with van der Waals surface area (Å²) in [4.78, 5) is 18.5. The number of carbonyl (C=O) groups is 1. The Morgan fingerprint density at radius 1 is 1.30 bits per heavy atom. The van der Waals surface area contributed by atoms with Crippen LogP contribution in [-0.2, 0) is 12.7 Å². The van der Waals surface area contributed by atoms with E-state index in [1.807, 2.05) is 0 Å². The number of aliphatic hydroxyl groups excluding tert-OH is 1. The summed E-state index contributed by atoms with van der Waals surface area (Å²) in [5.74, 6) is -0.974. The minimum absolute atomic E-state index is 0.0706. The Kier molecular flexibility index (Phi) is 6.51. The van der Waals surface area contributed by atoms with Crippen molar-refractivity contribution in [1.82, 2.24) is 9.88 Å². The van der Waals surface area contributed by atoms with Gasteiger partial charge in [0.2, 0.25) is 0 Å². The van der Waals surface area contributed by atoms with Crippen LogP contribution in [0.25, 0.3) is 10.2 Å². The molecule has 160 valence electrons. The van der Waals surface area contributed by atoms with E-state index in [0.717, 1.165) is 23.5 Å². The lowest BCUT2D eigenvalue weighted by atomic mass is 10.1. The molecule has 0 radical (unpaired) electrons. The fourth-order valence-electron chi connectivity index (χ4n) is 2.81. The molecular formula is C19H17ClF3N3O3S. The maximum absolute atomic E-state index is 12.9. The number of phenolic OH excluding ortho intramolecular Hbond substituents is 1. The van der Waals surface area contributed by atoms with E-state index in [0.29, 0.717) is 17.6 Å². The van der Waals surface area contributed by atoms with E-state index < -0.39 is 17.6 Å². The quantitative estimate of drug-likeness (QED) is 0.510. The van der Waals surface area contributed by atoms with Crippen molar-refractivity contribution in [3.63, 3.8) is 0 Å². The molecule has 0 spiro atoms. The molecule has 1 heterocycles. The highest BCUT2D eigenvalue weighted by molar-refractivity contribution is 7.22. The van der Waals surface area contributed by atoms with Crippen molar-refractivity contribution in [2.75, 3.05) is 25.5 Å². The fourth-order valence-corrected chi connectivity index (χ4v) is 3.95. The van der Waals surface area contributed by atoms with Crippen molar-refractivity contribution in [3.8, 4) is 5.75 Å². The summed E-state index contributed by atoms with van der Waals surface area (Å²) in [6.07, 6.45) is -4.48. The third kappa shape index (κ3) is 5.01. The number of hydrogen-bond donors (Lipinski definition) is 3. The van der Waals surface area contributed by atoms with Gasteiger partial charge in [-0.05, 0) is 37.4 Å². The molecule has 3 rings (SSSR count). The Labute approximate surface area is 178 Å². The zero-order valence-corrected chi connectivity index (χ0v) is 17.2. The van der Waals surface area contributed by atoms with Gasteiger partial charge in [-0.2, -0.15) is 13.2 Å². The third-order valence-corrected chi connectivity index (χ3v) is 5.41. The fraction of sp³-hybridized carbons (Fsp3) is 0.263. The first-order valence-electron chi connectivity index (χ1n) is 8.68. The standard InChI is InChI=1S/C19H17ClF3N3O3S/c1-26(4-5-27)9-10-6-12(20)8-13(16(10)28)17(29)25-18-24-14-3-2-11(19(21,22)23)7-15(14)30-18/h2-3,6-8,27-28H,4-5,9H2,1H3,(H,24,25,29). The number of rotatable bonds is 6. The van der Waals surface area contributed by atoms with Crippen LogP contribution in [0.5, 0.6) is 5.75 Å². The molecular weight excluding hydrogens is 443 g/mol. The van der Waals surface area contributed by atoms with Gasteiger partial charge in [-0.3, -0.25) is 15.0 Å². The number of amides is 1. The third-order valence-electron chi connectivity index (χ3n) is 4.26. The van der Waals surface area contributed by atoms with Crippen LogP contribution in [-0.4, -0.2) is 46.2 Å². The Balaban J connectivity index is 1.86. The first-order chi connectivity index (χ1) is 14.1. The van der Waals surface area contributed by atoms with Crippen molar-refractivity contribution < 1.29 is 28.2 Å². The Morgan fingerprint density at radius 2 is 2.03 bits per heavy atom. The largest absolute Gasteiger partial charge is 0.507 e. The molecule has 1 aromatic heterocycles. The number of phenols is 1. The molecule has 11 heteroatoms. The molecule has 0 saturated heterocycles. The number of aliphatic hydroxyl groups is 1. The van der Waals surface area contributed by atoms with E-state index in [1.54, 1.807) is 11.9 Å². The molecule has 0 atom stereocenters. The number of aromatic nitrogens is 1. The van der Waals surface area contributed by atoms with Crippen LogP contribution < -0.4 is 5.32 Å². The first-order valence-corrected chi connectivity index (χ1v) is 9.88. The summed E-state index contributed by atoms with van der Waals surface area (Å²) in [6, 6.07) is 5.92. The monoisotopic (exact) mass is 459 g/mol. The van der Waals surface area contributed by atoms with Crippen LogP contribution in [0.4, 0.5) is 18.3 Å². The second-order valence-electron chi connectivity index (χ2n) is 6.58. The van der Waals surface area contributed by atoms with Gasteiger partial charge >= 0.3 is 6.18 Å². The molecule has 0 aliphatic rings. The number of anilines is 1. The van der Waals surface area contributed by atoms with Crippen molar-refractivity contribution in [3.05, 3.63) is 52.0 Å². The predicted molar refractivity (Wildman–Crippen MR) is 109 cm³/mol. The van der Waals surface area contributed by atoms with Crippen LogP contribution in [0.15, 0.2) is 30.3 Å². The van der Waals surface area contributed by atoms with Crippen molar-refractivity contribution in [1.29, 1.82) is 0 Å². The Bertz CT molecular complexity index is 1090. The van der Waals surface area contributed by atoms with Gasteiger partial charge in [0.15, 0.2) is 5.13 Å². The van der Waals surface area contributed by atoms with Crippen molar-refractivity contribution in [2.45, 2.75) is 12.7 Å². The van der Waals surface area contributed by atoms with E-state index in [4.69, 9.17) is 16.7 Å². The average molecular weight is 460 g/mol. The van der Waals surface area contributed by atoms with Gasteiger partial charge in [0.1, 0.15) is 5.75 Å². The van der Waals surface area contributed by atoms with E-state index in [9.17, 15) is 23.1 Å². The molecule has 0 bridgehead atoms. The highest BCUT2D eigenvalue weighted by Gasteiger charge is 2.30. The molecule has 6 nitrogen and oxygen atoms in total. The van der Waals surface area contributed by atoms with Crippen LogP contribution in [0.3, 0.4) is 0 Å². The maximum Gasteiger partial charge on any atom is 0.416 e. The molecule has 0 unspecified atom stereocenters. The van der Waals surface area contributed by atoms with Gasteiger partial charge in [0, 0.05) is 23.7 Å². The molecule has 0 fully saturated rings. The molecule has 0 aliphatic carbocycles. The smallest absolute Gasteiger partial charge is 0.416 e. The first kappa shape index (κ1) is 22.3. The second-order valence-corrected chi connectivity index (χ2v) is 8.04. The molecule has 2 aromatic carbocycles. The zero-order valence-electron chi connectivity index (χ0n) is 15.6. The number of hydrogen-bond acceptors (Lipinski definition) is 6. The number of aromatic hydroxyl groups is 1. The summed E-state index contributed by atoms with van der Waals surface area (Å²) in [6.45, 7) is 0.534. The number of fused-ring (bicyclic) bond motifs is 1. The number of alkyl halides is 3. The molecule has 0 aliphatic heterocycles. The predicted octanol–water partition coefficient (Wildman–Crippen LogP) is 4.35. The summed E-state index contributed by atoms with van der Waals surface area (Å²) in [7, 11) is 1.73. The number of thiazole rings is 1. The molecule has 3 aromatic rings. The van der Waals surface area contributed by atoms with E-state index in [-0.39, 0.29) is 39.3 Å². The lowest BCUT2D eigenvalue weighted by Crippen LogP contribution is -2.22. The van der Waals surface area contributed by atoms with Crippen molar-refractivity contribution >= 4 is 44.2 Å². The molecule has 3 N–H and O–H groups in total. The number of likely N-dealkylation sites (N-methyl/N-ethyl adjacent to an activating group) is 1. The zero-order chi connectivity index (χ0) is 22.1. The average Bonchev–Trinajstić information content (AvgIpc) is 3.05. The maximum atomic E-state index is 12.9. The second kappa shape index (κ2) is 8.76. The van der Waals surface area contributed by atoms with Gasteiger partial charge < -0.3 is 10.2 Å². The number of benzene rings is 2. The SMILES string of the molecule is CN(CCO)Cc1cc(Cl)cc(C(=O)Nc2nc3ccc(C(F)(F)F)cc3s2)c1O. The lowest BCUT2D eigenvalue weighted by Gasteiger charge is -2.17. The number of carbonyl (C=O) groups excluding carboxylic acids is 1. The minimum Gasteiger partial charge on any atom is -0.507 e. The van der Waals surface area contributed by atoms with E-state index >= 15 is 0 Å². The van der Waals surface area contributed by atoms with E-state index in [1.165, 1.54) is 18.2 Å². The van der Waals surface area contributed by atoms with Gasteiger partial charge in [-0.25, -0.2) is 4.98 Å². The van der Waals surface area contributed by atoms with Gasteiger partial charge in [-0.1, -0.05) is 22.9 Å². The summed E-state index contributed by atoms with van der Waals surface area (Å²) >= 11 is 6.96. The number of nitrogens with one attached hydrogen (secondary N) is 1. The molecule has 0 saturated carbocycles. The van der Waals surface area contributed by atoms with Crippen LogP contribution in [0, 0.1) is 0 Å². The number of nitrogens with zero attached hydrogens (tertiary/aromatic N) is 2. The van der Waals surface area contributed by atoms with E-state index in [2.05, 4.69) is 10.3 Å². The lowest BCUT2D eigenvalue weighted by molar-refractivity contribution is -0.137. The van der Waals surface area contributed by atoms with Gasteiger partial charge in [-0.15, -0.1) is 0 Å². The van der Waals surface area contributed by atoms with Crippen LogP contribution in [0.1, 0.15) is 21.5 Å². The highest BCUT2D eigenvalue weighted by atomic mass is 35.5. The van der Waals surface area contributed by atoms with Crippen molar-refractivity contribution in [2.24, 2.45) is 0 Å². The Morgan fingerprint density at radius 3 is 2.70 bits per heavy atom. The normalized spacial score (nSPS) is 12.0. The number of halogens is 4. The molecule has 30 heavy (non-hydrogen) atoms. The summed E-state index contributed by atoms with van der Waals surface area (Å²) in [5, 5.41) is 22.3. The van der Waals surface area contributed by atoms with Crippen LogP contribution in [0.2, 0.25) is 5.02 Å². The van der Waals surface area contributed by atoms with Gasteiger partial charge in [0.05, 0.1) is 28.0 Å².